The van der Waals surface area contributed by atoms with E-state index in [2.05, 4.69) is 9.97 Å². The van der Waals surface area contributed by atoms with E-state index in [9.17, 15) is 4.39 Å². The number of halogens is 3. The summed E-state index contributed by atoms with van der Waals surface area (Å²) >= 11 is 11.6. The Balaban J connectivity index is 2.31. The van der Waals surface area contributed by atoms with Gasteiger partial charge in [-0.2, -0.15) is 9.37 Å². The van der Waals surface area contributed by atoms with Gasteiger partial charge in [-0.05, 0) is 41.8 Å². The Morgan fingerprint density at radius 3 is 2.83 bits per heavy atom. The molecule has 0 unspecified atom stereocenters. The molecular weight excluding hydrogens is 278 g/mol. The van der Waals surface area contributed by atoms with Gasteiger partial charge in [0, 0.05) is 5.02 Å². The van der Waals surface area contributed by atoms with Gasteiger partial charge in [0.2, 0.25) is 11.1 Å². The van der Waals surface area contributed by atoms with E-state index in [0.717, 1.165) is 18.2 Å². The van der Waals surface area contributed by atoms with Gasteiger partial charge in [-0.1, -0.05) is 18.5 Å². The molecule has 2 aromatic rings. The summed E-state index contributed by atoms with van der Waals surface area (Å²) in [5.41, 5.74) is 0.912. The maximum absolute atomic E-state index is 13.4. The lowest BCUT2D eigenvalue weighted by molar-refractivity contribution is 0.419. The molecule has 0 fully saturated rings. The molecule has 1 heterocycles. The van der Waals surface area contributed by atoms with Crippen molar-refractivity contribution in [1.82, 2.24) is 9.97 Å². The third-order valence-corrected chi connectivity index (χ3v) is 2.85. The maximum Gasteiger partial charge on any atom is 0.260 e. The molecule has 6 heteroatoms. The van der Waals surface area contributed by atoms with Crippen LogP contribution >= 0.6 is 23.2 Å². The van der Waals surface area contributed by atoms with Crippen LogP contribution in [0.1, 0.15) is 12.5 Å². The van der Waals surface area contributed by atoms with Crippen molar-refractivity contribution < 1.29 is 9.13 Å². The third-order valence-electron chi connectivity index (χ3n) is 2.30. The monoisotopic (exact) mass is 286 g/mol. The van der Waals surface area contributed by atoms with E-state index in [0.29, 0.717) is 10.8 Å². The maximum atomic E-state index is 13.4. The second kappa shape index (κ2) is 5.50. The molecule has 0 radical (unpaired) electrons. The molecule has 18 heavy (non-hydrogen) atoms. The molecule has 0 saturated heterocycles. The number of aromatic nitrogens is 2. The predicted octanol–water partition coefficient (Wildman–Crippen LogP) is 4.28. The molecule has 0 bridgehead atoms. The van der Waals surface area contributed by atoms with Gasteiger partial charge >= 0.3 is 0 Å². The first-order valence-corrected chi connectivity index (χ1v) is 6.00. The van der Waals surface area contributed by atoms with Gasteiger partial charge in [-0.15, -0.1) is 0 Å². The zero-order chi connectivity index (χ0) is 13.1. The van der Waals surface area contributed by atoms with Gasteiger partial charge in [0.15, 0.2) is 0 Å². The first-order chi connectivity index (χ1) is 8.60. The fourth-order valence-electron chi connectivity index (χ4n) is 1.40. The van der Waals surface area contributed by atoms with Gasteiger partial charge in [0.25, 0.3) is 5.88 Å². The van der Waals surface area contributed by atoms with E-state index in [1.165, 1.54) is 0 Å². The lowest BCUT2D eigenvalue weighted by Crippen LogP contribution is -1.95. The van der Waals surface area contributed by atoms with Crippen molar-refractivity contribution in [2.45, 2.75) is 13.3 Å². The average molecular weight is 287 g/mol. The quantitative estimate of drug-likeness (QED) is 0.790. The van der Waals surface area contributed by atoms with E-state index in [1.807, 2.05) is 6.92 Å². The number of ether oxygens (including phenoxy) is 1. The predicted molar refractivity (Wildman–Crippen MR) is 67.9 cm³/mol. The number of rotatable bonds is 3. The van der Waals surface area contributed by atoms with Gasteiger partial charge in [-0.3, -0.25) is 0 Å². The first kappa shape index (κ1) is 13.1. The summed E-state index contributed by atoms with van der Waals surface area (Å²) in [5, 5.41) is 0.571. The Morgan fingerprint density at radius 1 is 1.33 bits per heavy atom. The molecule has 2 rings (SSSR count). The van der Waals surface area contributed by atoms with Gasteiger partial charge < -0.3 is 4.74 Å². The molecule has 0 saturated carbocycles. The van der Waals surface area contributed by atoms with Crippen molar-refractivity contribution in [2.24, 2.45) is 0 Å². The van der Waals surface area contributed by atoms with E-state index < -0.39 is 5.82 Å². The van der Waals surface area contributed by atoms with Crippen LogP contribution in [-0.2, 0) is 6.42 Å². The summed E-state index contributed by atoms with van der Waals surface area (Å²) in [5.74, 6) is -0.434. The Labute approximate surface area is 114 Å². The summed E-state index contributed by atoms with van der Waals surface area (Å²) in [4.78, 5) is 7.18. The number of hydrogen-bond donors (Lipinski definition) is 0. The van der Waals surface area contributed by atoms with Crippen molar-refractivity contribution in [3.8, 4) is 11.6 Å². The normalized spacial score (nSPS) is 10.4. The number of aryl methyl sites for hydroxylation is 1. The highest BCUT2D eigenvalue weighted by Gasteiger charge is 2.09. The Hall–Kier alpha value is -1.39. The van der Waals surface area contributed by atoms with Gasteiger partial charge in [0.05, 0.1) is 6.20 Å². The molecule has 0 aliphatic rings. The highest BCUT2D eigenvalue weighted by atomic mass is 35.5. The van der Waals surface area contributed by atoms with Gasteiger partial charge in [0.1, 0.15) is 5.75 Å². The summed E-state index contributed by atoms with van der Waals surface area (Å²) in [6.45, 7) is 1.97. The number of nitrogens with zero attached hydrogens (tertiary/aromatic N) is 2. The molecule has 1 aromatic carbocycles. The zero-order valence-corrected chi connectivity index (χ0v) is 11.0. The fourth-order valence-corrected chi connectivity index (χ4v) is 1.78. The van der Waals surface area contributed by atoms with Crippen LogP contribution in [0, 0.1) is 5.82 Å². The van der Waals surface area contributed by atoms with Crippen molar-refractivity contribution in [2.75, 3.05) is 0 Å². The van der Waals surface area contributed by atoms with Crippen LogP contribution in [-0.4, -0.2) is 9.97 Å². The van der Waals surface area contributed by atoms with Crippen molar-refractivity contribution in [3.63, 3.8) is 0 Å². The van der Waals surface area contributed by atoms with Crippen LogP contribution in [0.15, 0.2) is 24.4 Å². The second-order valence-corrected chi connectivity index (χ2v) is 4.25. The average Bonchev–Trinajstić information content (AvgIpc) is 2.36. The molecule has 0 aliphatic heterocycles. The minimum absolute atomic E-state index is 0.0731. The molecular formula is C12H9Cl2FN2O. The summed E-state index contributed by atoms with van der Waals surface area (Å²) in [6.07, 6.45) is 1.71. The fraction of sp³-hybridized carbons (Fsp3) is 0.167. The Morgan fingerprint density at radius 2 is 2.11 bits per heavy atom. The largest absolute Gasteiger partial charge is 0.436 e. The van der Waals surface area contributed by atoms with Crippen LogP contribution in [0.3, 0.4) is 0 Å². The van der Waals surface area contributed by atoms with Crippen molar-refractivity contribution in [1.29, 1.82) is 0 Å². The summed E-state index contributed by atoms with van der Waals surface area (Å²) in [6, 6.07) is 5.06. The molecule has 94 valence electrons. The van der Waals surface area contributed by atoms with Gasteiger partial charge in [-0.25, -0.2) is 4.98 Å². The first-order valence-electron chi connectivity index (χ1n) is 5.24. The van der Waals surface area contributed by atoms with Crippen LogP contribution in [0.2, 0.25) is 10.3 Å². The molecule has 0 atom stereocenters. The van der Waals surface area contributed by atoms with Crippen LogP contribution in [0.25, 0.3) is 0 Å². The SMILES string of the molecule is CCc1cc(Oc2nc(Cl)ncc2F)ccc1Cl. The lowest BCUT2D eigenvalue weighted by Gasteiger charge is -2.08. The van der Waals surface area contributed by atoms with Crippen LogP contribution < -0.4 is 4.74 Å². The van der Waals surface area contributed by atoms with Crippen LogP contribution in [0.5, 0.6) is 11.6 Å². The minimum atomic E-state index is -0.674. The second-order valence-electron chi connectivity index (χ2n) is 3.50. The van der Waals surface area contributed by atoms with E-state index >= 15 is 0 Å². The van der Waals surface area contributed by atoms with E-state index in [1.54, 1.807) is 18.2 Å². The molecule has 0 amide bonds. The summed E-state index contributed by atoms with van der Waals surface area (Å²) < 4.78 is 18.7. The Bertz CT molecular complexity index is 578. The standard InChI is InChI=1S/C12H9Cl2FN2O/c1-2-7-5-8(3-4-9(7)13)18-11-10(15)6-16-12(14)17-11/h3-6H,2H2,1H3. The molecule has 0 aliphatic carbocycles. The van der Waals surface area contributed by atoms with E-state index in [-0.39, 0.29) is 11.2 Å². The molecule has 1 aromatic heterocycles. The molecule has 3 nitrogen and oxygen atoms in total. The minimum Gasteiger partial charge on any atom is -0.436 e. The topological polar surface area (TPSA) is 35.0 Å². The van der Waals surface area contributed by atoms with Crippen molar-refractivity contribution in [3.05, 3.63) is 46.1 Å². The zero-order valence-electron chi connectivity index (χ0n) is 9.45. The lowest BCUT2D eigenvalue weighted by atomic mass is 10.1. The summed E-state index contributed by atoms with van der Waals surface area (Å²) in [7, 11) is 0. The van der Waals surface area contributed by atoms with Crippen molar-refractivity contribution >= 4 is 23.2 Å². The highest BCUT2D eigenvalue weighted by Crippen LogP contribution is 2.27. The third kappa shape index (κ3) is 2.89. The Kier molecular flexibility index (Phi) is 3.99. The highest BCUT2D eigenvalue weighted by molar-refractivity contribution is 6.31. The van der Waals surface area contributed by atoms with E-state index in [4.69, 9.17) is 27.9 Å². The number of hydrogen-bond acceptors (Lipinski definition) is 3. The molecule has 0 N–H and O–H groups in total. The van der Waals surface area contributed by atoms with Crippen LogP contribution in [0.4, 0.5) is 4.39 Å². The number of benzene rings is 1. The molecule has 0 spiro atoms. The smallest absolute Gasteiger partial charge is 0.260 e.